The molecule has 0 bridgehead atoms. The van der Waals surface area contributed by atoms with Crippen LogP contribution in [0.1, 0.15) is 26.3 Å². The zero-order chi connectivity index (χ0) is 27.4. The molecule has 0 saturated carbocycles. The Morgan fingerprint density at radius 1 is 0.700 bits per heavy atom. The van der Waals surface area contributed by atoms with E-state index in [-0.39, 0.29) is 5.41 Å². The lowest BCUT2D eigenvalue weighted by atomic mass is 9.88. The monoisotopic (exact) mass is 542 g/mol. The number of halogens is 1. The van der Waals surface area contributed by atoms with E-state index < -0.39 is 0 Å². The van der Waals surface area contributed by atoms with Crippen LogP contribution in [-0.4, -0.2) is 19.1 Å². The number of hydrogen-bond acceptors (Lipinski definition) is 3. The number of aromatic nitrogens is 4. The average molecular weight is 543 g/mol. The topological polar surface area (TPSA) is 44.9 Å². The van der Waals surface area contributed by atoms with Crippen LogP contribution in [0.5, 0.6) is 11.5 Å². The molecule has 0 spiro atoms. The van der Waals surface area contributed by atoms with Crippen LogP contribution < -0.4 is 4.74 Å². The summed E-state index contributed by atoms with van der Waals surface area (Å²) in [7, 11) is 0. The van der Waals surface area contributed by atoms with E-state index in [2.05, 4.69) is 77.4 Å². The van der Waals surface area contributed by atoms with Gasteiger partial charge in [0, 0.05) is 34.1 Å². The second kappa shape index (κ2) is 9.25. The van der Waals surface area contributed by atoms with Crippen LogP contribution >= 0.6 is 11.6 Å². The minimum atomic E-state index is -0.000387. The summed E-state index contributed by atoms with van der Waals surface area (Å²) in [5.41, 5.74) is 6.26. The van der Waals surface area contributed by atoms with Crippen molar-refractivity contribution in [1.82, 2.24) is 19.1 Å². The Kier molecular flexibility index (Phi) is 5.65. The van der Waals surface area contributed by atoms with Crippen molar-refractivity contribution < 1.29 is 4.74 Å². The number of rotatable bonds is 4. The molecule has 40 heavy (non-hydrogen) atoms. The first-order chi connectivity index (χ1) is 19.3. The lowest BCUT2D eigenvalue weighted by Crippen LogP contribution is -2.12. The van der Waals surface area contributed by atoms with Crippen molar-refractivity contribution in [3.63, 3.8) is 0 Å². The van der Waals surface area contributed by atoms with Gasteiger partial charge in [0.25, 0.3) is 0 Å². The summed E-state index contributed by atoms with van der Waals surface area (Å²) in [6, 6.07) is 32.6. The van der Waals surface area contributed by atoms with E-state index in [1.54, 1.807) is 0 Å². The van der Waals surface area contributed by atoms with Crippen molar-refractivity contribution in [3.8, 4) is 23.0 Å². The fourth-order valence-corrected chi connectivity index (χ4v) is 5.46. The largest absolute Gasteiger partial charge is 0.457 e. The second-order valence-corrected chi connectivity index (χ2v) is 11.5. The van der Waals surface area contributed by atoms with Gasteiger partial charge >= 0.3 is 0 Å². The second-order valence-electron chi connectivity index (χ2n) is 11.0. The molecule has 0 aliphatic heterocycles. The highest BCUT2D eigenvalue weighted by Gasteiger charge is 2.18. The molecule has 196 valence electrons. The predicted octanol–water partition coefficient (Wildman–Crippen LogP) is 9.26. The maximum atomic E-state index is 6.44. The van der Waals surface area contributed by atoms with E-state index in [1.807, 2.05) is 67.1 Å². The van der Waals surface area contributed by atoms with E-state index in [1.165, 1.54) is 5.56 Å². The van der Waals surface area contributed by atoms with Crippen molar-refractivity contribution in [1.29, 1.82) is 0 Å². The van der Waals surface area contributed by atoms with Crippen LogP contribution in [0.3, 0.4) is 0 Å². The zero-order valence-corrected chi connectivity index (χ0v) is 23.2. The molecule has 0 unspecified atom stereocenters. The number of pyridine rings is 1. The van der Waals surface area contributed by atoms with Crippen molar-refractivity contribution in [3.05, 3.63) is 120 Å². The molecule has 0 N–H and O–H groups in total. The van der Waals surface area contributed by atoms with Gasteiger partial charge in [-0.05, 0) is 77.7 Å². The summed E-state index contributed by atoms with van der Waals surface area (Å²) < 4.78 is 10.7. The number of benzene rings is 4. The van der Waals surface area contributed by atoms with Gasteiger partial charge in [-0.25, -0.2) is 9.97 Å². The Morgan fingerprint density at radius 2 is 1.55 bits per heavy atom. The van der Waals surface area contributed by atoms with E-state index in [0.717, 1.165) is 55.8 Å². The maximum Gasteiger partial charge on any atom is 0.137 e. The molecule has 0 aliphatic carbocycles. The predicted molar refractivity (Wildman–Crippen MR) is 163 cm³/mol. The summed E-state index contributed by atoms with van der Waals surface area (Å²) in [4.78, 5) is 9.31. The molecule has 3 aromatic heterocycles. The summed E-state index contributed by atoms with van der Waals surface area (Å²) >= 11 is 6.44. The van der Waals surface area contributed by atoms with Gasteiger partial charge in [0.1, 0.15) is 23.6 Å². The first kappa shape index (κ1) is 24.4. The van der Waals surface area contributed by atoms with E-state index in [0.29, 0.717) is 5.02 Å². The van der Waals surface area contributed by atoms with Crippen LogP contribution in [0, 0.1) is 0 Å². The lowest BCUT2D eigenvalue weighted by Gasteiger charge is -2.20. The van der Waals surface area contributed by atoms with Gasteiger partial charge < -0.3 is 4.74 Å². The number of imidazole rings is 1. The molecule has 0 radical (unpaired) electrons. The minimum absolute atomic E-state index is 0.000387. The van der Waals surface area contributed by atoms with Crippen molar-refractivity contribution >= 4 is 44.4 Å². The standard InChI is InChI=1S/C34H27ClN4O/c1-34(2,3)22-15-16-36-33(17-22)39-30-14-11-23(35)18-28(30)27-13-12-26(20-32(27)39)40-25-8-6-7-24(19-25)38-21-37-29-9-4-5-10-31(29)38/h4-21H,1-3H3. The highest BCUT2D eigenvalue weighted by Crippen LogP contribution is 2.37. The summed E-state index contributed by atoms with van der Waals surface area (Å²) in [6.45, 7) is 6.64. The van der Waals surface area contributed by atoms with Crippen molar-refractivity contribution in [2.75, 3.05) is 0 Å². The summed E-state index contributed by atoms with van der Waals surface area (Å²) in [5.74, 6) is 2.34. The number of para-hydroxylation sites is 2. The number of hydrogen-bond donors (Lipinski definition) is 0. The van der Waals surface area contributed by atoms with Crippen LogP contribution in [0.15, 0.2) is 110 Å². The molecule has 3 heterocycles. The van der Waals surface area contributed by atoms with Crippen LogP contribution in [0.4, 0.5) is 0 Å². The zero-order valence-electron chi connectivity index (χ0n) is 22.5. The molecule has 7 rings (SSSR count). The fraction of sp³-hybridized carbons (Fsp3) is 0.118. The molecule has 6 heteroatoms. The fourth-order valence-electron chi connectivity index (χ4n) is 5.29. The number of ether oxygens (including phenoxy) is 1. The summed E-state index contributed by atoms with van der Waals surface area (Å²) in [6.07, 6.45) is 3.73. The van der Waals surface area contributed by atoms with Gasteiger partial charge in [0.15, 0.2) is 0 Å². The lowest BCUT2D eigenvalue weighted by molar-refractivity contribution is 0.483. The highest BCUT2D eigenvalue weighted by molar-refractivity contribution is 6.32. The Bertz CT molecular complexity index is 2050. The van der Waals surface area contributed by atoms with Gasteiger partial charge in [0.2, 0.25) is 0 Å². The SMILES string of the molecule is CC(C)(C)c1ccnc(-n2c3ccc(Cl)cc3c3ccc(Oc4cccc(-n5cnc6ccccc65)c4)cc32)c1. The molecule has 7 aromatic rings. The molecule has 0 atom stereocenters. The molecule has 0 amide bonds. The third-order valence-corrected chi connectivity index (χ3v) is 7.56. The Labute approximate surface area is 237 Å². The molecule has 0 aliphatic rings. The van der Waals surface area contributed by atoms with Crippen molar-refractivity contribution in [2.24, 2.45) is 0 Å². The van der Waals surface area contributed by atoms with Gasteiger partial charge in [0.05, 0.1) is 27.8 Å². The number of fused-ring (bicyclic) bond motifs is 4. The molecular formula is C34H27ClN4O. The van der Waals surface area contributed by atoms with Crippen LogP contribution in [-0.2, 0) is 5.41 Å². The average Bonchev–Trinajstić information content (AvgIpc) is 3.52. The third-order valence-electron chi connectivity index (χ3n) is 7.33. The highest BCUT2D eigenvalue weighted by atomic mass is 35.5. The van der Waals surface area contributed by atoms with Gasteiger partial charge in [-0.1, -0.05) is 50.6 Å². The normalized spacial score (nSPS) is 12.0. The smallest absolute Gasteiger partial charge is 0.137 e. The van der Waals surface area contributed by atoms with Crippen LogP contribution in [0.25, 0.3) is 44.3 Å². The van der Waals surface area contributed by atoms with E-state index in [9.17, 15) is 0 Å². The van der Waals surface area contributed by atoms with Gasteiger partial charge in [-0.2, -0.15) is 0 Å². The molecule has 5 nitrogen and oxygen atoms in total. The van der Waals surface area contributed by atoms with Crippen molar-refractivity contribution in [2.45, 2.75) is 26.2 Å². The molecule has 0 saturated heterocycles. The number of nitrogens with zero attached hydrogens (tertiary/aromatic N) is 4. The Hall–Kier alpha value is -4.61. The molecule has 4 aromatic carbocycles. The van der Waals surface area contributed by atoms with E-state index in [4.69, 9.17) is 21.3 Å². The van der Waals surface area contributed by atoms with Gasteiger partial charge in [-0.3, -0.25) is 9.13 Å². The van der Waals surface area contributed by atoms with Crippen LogP contribution in [0.2, 0.25) is 5.02 Å². The summed E-state index contributed by atoms with van der Waals surface area (Å²) in [5, 5.41) is 2.87. The van der Waals surface area contributed by atoms with Gasteiger partial charge in [-0.15, -0.1) is 0 Å². The Balaban J connectivity index is 1.34. The molecular weight excluding hydrogens is 516 g/mol. The quantitative estimate of drug-likeness (QED) is 0.222. The third kappa shape index (κ3) is 4.19. The molecule has 0 fully saturated rings. The van der Waals surface area contributed by atoms with E-state index >= 15 is 0 Å². The first-order valence-electron chi connectivity index (χ1n) is 13.3. The first-order valence-corrected chi connectivity index (χ1v) is 13.6. The Morgan fingerprint density at radius 3 is 2.42 bits per heavy atom. The maximum absolute atomic E-state index is 6.44. The minimum Gasteiger partial charge on any atom is -0.457 e.